The molecule has 0 bridgehead atoms. The first-order valence-electron chi connectivity index (χ1n) is 7.82. The highest BCUT2D eigenvalue weighted by Gasteiger charge is 2.13. The van der Waals surface area contributed by atoms with Gasteiger partial charge in [0.1, 0.15) is 5.75 Å². The second-order valence-corrected chi connectivity index (χ2v) is 5.32. The molecule has 0 unspecified atom stereocenters. The van der Waals surface area contributed by atoms with Crippen LogP contribution in [0, 0.1) is 0 Å². The number of carbonyl (C=O) groups is 2. The van der Waals surface area contributed by atoms with Gasteiger partial charge in [-0.05, 0) is 29.5 Å². The number of hydrogen-bond donors (Lipinski definition) is 0. The number of ketones is 1. The third-order valence-corrected chi connectivity index (χ3v) is 3.53. The minimum atomic E-state index is -0.621. The van der Waals surface area contributed by atoms with Gasteiger partial charge in [-0.25, -0.2) is 4.79 Å². The molecular formula is C18H16N4O4. The fourth-order valence-electron chi connectivity index (χ4n) is 2.18. The molecule has 1 aromatic heterocycles. The van der Waals surface area contributed by atoms with Crippen molar-refractivity contribution >= 4 is 11.8 Å². The van der Waals surface area contributed by atoms with Crippen LogP contribution in [-0.2, 0) is 16.1 Å². The fraction of sp³-hybridized carbons (Fsp3) is 0.167. The Kier molecular flexibility index (Phi) is 5.33. The molecule has 0 saturated heterocycles. The van der Waals surface area contributed by atoms with E-state index >= 15 is 0 Å². The minimum Gasteiger partial charge on any atom is -0.497 e. The van der Waals surface area contributed by atoms with E-state index in [1.807, 2.05) is 30.3 Å². The molecule has 0 amide bonds. The van der Waals surface area contributed by atoms with E-state index in [1.54, 1.807) is 31.4 Å². The number of carbonyl (C=O) groups excluding carboxylic acids is 2. The number of rotatable bonds is 7. The van der Waals surface area contributed by atoms with Crippen LogP contribution in [0.1, 0.15) is 10.4 Å². The molecule has 0 atom stereocenters. The van der Waals surface area contributed by atoms with E-state index in [0.717, 1.165) is 10.4 Å². The van der Waals surface area contributed by atoms with E-state index in [9.17, 15) is 9.59 Å². The molecule has 0 N–H and O–H groups in total. The number of methoxy groups -OCH3 is 1. The first-order valence-corrected chi connectivity index (χ1v) is 7.82. The third kappa shape index (κ3) is 4.29. The van der Waals surface area contributed by atoms with Gasteiger partial charge in [0, 0.05) is 11.1 Å². The van der Waals surface area contributed by atoms with Crippen molar-refractivity contribution in [3.8, 4) is 17.1 Å². The largest absolute Gasteiger partial charge is 0.497 e. The number of ether oxygens (including phenoxy) is 2. The number of Topliss-reactive ketones (excluding diaryl/α,β-unsaturated/α-hetero) is 1. The number of esters is 1. The normalized spacial score (nSPS) is 10.3. The highest BCUT2D eigenvalue weighted by molar-refractivity contribution is 5.98. The van der Waals surface area contributed by atoms with Crippen LogP contribution in [-0.4, -0.2) is 45.7 Å². The van der Waals surface area contributed by atoms with Gasteiger partial charge < -0.3 is 9.47 Å². The van der Waals surface area contributed by atoms with Gasteiger partial charge in [0.2, 0.25) is 5.82 Å². The van der Waals surface area contributed by atoms with E-state index in [2.05, 4.69) is 15.4 Å². The molecule has 3 rings (SSSR count). The van der Waals surface area contributed by atoms with Gasteiger partial charge >= 0.3 is 5.97 Å². The van der Waals surface area contributed by atoms with Crippen molar-refractivity contribution in [2.45, 2.75) is 6.54 Å². The Balaban J connectivity index is 1.52. The van der Waals surface area contributed by atoms with Crippen molar-refractivity contribution in [1.29, 1.82) is 0 Å². The lowest BCUT2D eigenvalue weighted by molar-refractivity contribution is -0.143. The Labute approximate surface area is 149 Å². The Hall–Kier alpha value is -3.55. The molecule has 0 spiro atoms. The minimum absolute atomic E-state index is 0.226. The molecule has 8 nitrogen and oxygen atoms in total. The van der Waals surface area contributed by atoms with Crippen molar-refractivity contribution in [2.24, 2.45) is 0 Å². The van der Waals surface area contributed by atoms with Crippen LogP contribution < -0.4 is 4.74 Å². The Morgan fingerprint density at radius 3 is 2.46 bits per heavy atom. The zero-order chi connectivity index (χ0) is 18.4. The molecule has 2 aromatic carbocycles. The average molecular weight is 352 g/mol. The SMILES string of the molecule is COc1ccc(C(=O)COC(=O)Cn2nnc(-c3ccccc3)n2)cc1. The summed E-state index contributed by atoms with van der Waals surface area (Å²) >= 11 is 0. The van der Waals surface area contributed by atoms with Crippen molar-refractivity contribution in [1.82, 2.24) is 20.2 Å². The van der Waals surface area contributed by atoms with Gasteiger partial charge in [-0.2, -0.15) is 4.80 Å². The Morgan fingerprint density at radius 1 is 1.04 bits per heavy atom. The first-order chi connectivity index (χ1) is 12.7. The third-order valence-electron chi connectivity index (χ3n) is 3.53. The molecule has 0 saturated carbocycles. The van der Waals surface area contributed by atoms with Crippen LogP contribution >= 0.6 is 0 Å². The van der Waals surface area contributed by atoms with E-state index in [-0.39, 0.29) is 18.9 Å². The molecule has 0 aliphatic carbocycles. The molecule has 8 heteroatoms. The molecule has 0 aliphatic rings. The van der Waals surface area contributed by atoms with Gasteiger partial charge in [0.25, 0.3) is 0 Å². The molecule has 3 aromatic rings. The van der Waals surface area contributed by atoms with Gasteiger partial charge in [-0.1, -0.05) is 30.3 Å². The number of nitrogens with zero attached hydrogens (tertiary/aromatic N) is 4. The quantitative estimate of drug-likeness (QED) is 0.472. The topological polar surface area (TPSA) is 96.2 Å². The summed E-state index contributed by atoms with van der Waals surface area (Å²) < 4.78 is 10.0. The maximum Gasteiger partial charge on any atom is 0.330 e. The monoisotopic (exact) mass is 352 g/mol. The molecule has 0 fully saturated rings. The van der Waals surface area contributed by atoms with E-state index < -0.39 is 5.97 Å². The smallest absolute Gasteiger partial charge is 0.330 e. The van der Waals surface area contributed by atoms with Gasteiger partial charge in [0.05, 0.1) is 7.11 Å². The zero-order valence-corrected chi connectivity index (χ0v) is 14.0. The summed E-state index contributed by atoms with van der Waals surface area (Å²) in [5.41, 5.74) is 1.23. The lowest BCUT2D eigenvalue weighted by Gasteiger charge is -2.04. The van der Waals surface area contributed by atoms with Crippen molar-refractivity contribution in [3.63, 3.8) is 0 Å². The summed E-state index contributed by atoms with van der Waals surface area (Å²) in [5.74, 6) is 0.124. The van der Waals surface area contributed by atoms with E-state index in [0.29, 0.717) is 17.1 Å². The van der Waals surface area contributed by atoms with E-state index in [1.165, 1.54) is 0 Å². The second-order valence-electron chi connectivity index (χ2n) is 5.32. The summed E-state index contributed by atoms with van der Waals surface area (Å²) in [6, 6.07) is 15.8. The van der Waals surface area contributed by atoms with Crippen LogP contribution in [0.2, 0.25) is 0 Å². The van der Waals surface area contributed by atoms with Crippen LogP contribution in [0.5, 0.6) is 5.75 Å². The van der Waals surface area contributed by atoms with Crippen molar-refractivity contribution in [2.75, 3.05) is 13.7 Å². The summed E-state index contributed by atoms with van der Waals surface area (Å²) in [6.45, 7) is -0.582. The second kappa shape index (κ2) is 8.02. The maximum absolute atomic E-state index is 12.0. The Bertz CT molecular complexity index is 891. The summed E-state index contributed by atoms with van der Waals surface area (Å²) in [7, 11) is 1.54. The van der Waals surface area contributed by atoms with Crippen molar-refractivity contribution < 1.29 is 19.1 Å². The molecule has 0 radical (unpaired) electrons. The number of tetrazole rings is 1. The van der Waals surface area contributed by atoms with Crippen LogP contribution in [0.3, 0.4) is 0 Å². The molecular weight excluding hydrogens is 336 g/mol. The number of hydrogen-bond acceptors (Lipinski definition) is 7. The van der Waals surface area contributed by atoms with E-state index in [4.69, 9.17) is 9.47 Å². The number of aromatic nitrogens is 4. The first kappa shape index (κ1) is 17.3. The molecule has 26 heavy (non-hydrogen) atoms. The number of benzene rings is 2. The van der Waals surface area contributed by atoms with Gasteiger partial charge in [-0.3, -0.25) is 4.79 Å². The zero-order valence-electron chi connectivity index (χ0n) is 14.0. The lowest BCUT2D eigenvalue weighted by atomic mass is 10.1. The molecule has 132 valence electrons. The predicted octanol–water partition coefficient (Wildman–Crippen LogP) is 1.77. The lowest BCUT2D eigenvalue weighted by Crippen LogP contribution is -2.19. The summed E-state index contributed by atoms with van der Waals surface area (Å²) in [6.07, 6.45) is 0. The van der Waals surface area contributed by atoms with Gasteiger partial charge in [-0.15, -0.1) is 10.2 Å². The fourth-order valence-corrected chi connectivity index (χ4v) is 2.18. The highest BCUT2D eigenvalue weighted by Crippen LogP contribution is 2.13. The summed E-state index contributed by atoms with van der Waals surface area (Å²) in [4.78, 5) is 25.0. The molecule has 0 aliphatic heterocycles. The highest BCUT2D eigenvalue weighted by atomic mass is 16.5. The standard InChI is InChI=1S/C18H16N4O4/c1-25-15-9-7-13(8-10-15)16(23)12-26-17(24)11-22-20-18(19-21-22)14-5-3-2-4-6-14/h2-10H,11-12H2,1H3. The Morgan fingerprint density at radius 2 is 1.77 bits per heavy atom. The van der Waals surface area contributed by atoms with Crippen LogP contribution in [0.4, 0.5) is 0 Å². The van der Waals surface area contributed by atoms with Gasteiger partial charge in [0.15, 0.2) is 18.9 Å². The van der Waals surface area contributed by atoms with Crippen LogP contribution in [0.15, 0.2) is 54.6 Å². The average Bonchev–Trinajstić information content (AvgIpc) is 3.15. The van der Waals surface area contributed by atoms with Crippen LogP contribution in [0.25, 0.3) is 11.4 Å². The van der Waals surface area contributed by atoms with Crippen molar-refractivity contribution in [3.05, 3.63) is 60.2 Å². The maximum atomic E-state index is 12.0. The summed E-state index contributed by atoms with van der Waals surface area (Å²) in [5, 5.41) is 11.8. The predicted molar refractivity (Wildman–Crippen MR) is 91.5 cm³/mol. The molecule has 1 heterocycles.